The Morgan fingerprint density at radius 2 is 1.11 bits per heavy atom. The number of carbonyl (C=O) groups is 1. The molecule has 0 saturated heterocycles. The second-order valence-corrected chi connectivity index (χ2v) is 36.3. The van der Waals surface area contributed by atoms with Crippen LogP contribution in [-0.2, 0) is 27.4 Å². The van der Waals surface area contributed by atoms with E-state index in [1.54, 1.807) is 48.5 Å². The molecular formula is C44H77O8PSi3. The molecule has 0 unspecified atom stereocenters. The van der Waals surface area contributed by atoms with Gasteiger partial charge >= 0.3 is 13.6 Å². The average Bonchev–Trinajstić information content (AvgIpc) is 3.03. The van der Waals surface area contributed by atoms with Crippen molar-refractivity contribution in [3.63, 3.8) is 0 Å². The van der Waals surface area contributed by atoms with Crippen molar-refractivity contribution in [3.8, 4) is 11.5 Å². The van der Waals surface area contributed by atoms with E-state index in [0.29, 0.717) is 24.5 Å². The molecule has 2 aromatic carbocycles. The van der Waals surface area contributed by atoms with Gasteiger partial charge in [-0.2, -0.15) is 0 Å². The van der Waals surface area contributed by atoms with Gasteiger partial charge in [0.15, 0.2) is 31.1 Å². The molecule has 12 heteroatoms. The molecule has 0 aromatic heterocycles. The Kier molecular flexibility index (Phi) is 17.8. The molecule has 318 valence electrons. The van der Waals surface area contributed by atoms with Crippen molar-refractivity contribution in [2.24, 2.45) is 11.8 Å². The lowest BCUT2D eigenvalue weighted by Crippen LogP contribution is -2.50. The number of para-hydroxylation sites is 2. The minimum atomic E-state index is -4.09. The molecule has 0 aliphatic heterocycles. The van der Waals surface area contributed by atoms with Crippen molar-refractivity contribution >= 4 is 38.5 Å². The Morgan fingerprint density at radius 1 is 0.679 bits per heavy atom. The summed E-state index contributed by atoms with van der Waals surface area (Å²) in [5, 5.41) is 0.0711. The lowest BCUT2D eigenvalue weighted by atomic mass is 9.86. The minimum absolute atomic E-state index is 0.0457. The third-order valence-corrected chi connectivity index (χ3v) is 27.3. The molecule has 0 amide bonds. The smallest absolute Gasteiger partial charge is 0.441 e. The Bertz CT molecular complexity index is 1530. The molecule has 0 heterocycles. The van der Waals surface area contributed by atoms with Crippen molar-refractivity contribution in [2.45, 2.75) is 162 Å². The molecular weight excluding hydrogens is 772 g/mol. The van der Waals surface area contributed by atoms with Gasteiger partial charge < -0.3 is 27.1 Å². The van der Waals surface area contributed by atoms with Crippen molar-refractivity contribution in [3.05, 3.63) is 72.8 Å². The standard InChI is InChI=1S/C44H77O8PSi3/c1-34(26-25-31-47-54(13,14)42(4,5)6)41(36(3)39(52-56(17,18)44(10,11)12)32-35(2)51-55(15,16)43(7,8)9)48-40(45)33-53(46,49-37-27-21-19-22-28-37)50-38-29-23-20-24-30-38/h19-30,34-36,39,41H,31-33H2,1-18H3/b26-25-/t34-,35+,36-,39-,41-/m0/s1. The lowest BCUT2D eigenvalue weighted by molar-refractivity contribution is -0.153. The summed E-state index contributed by atoms with van der Waals surface area (Å²) in [5.74, 6) is -0.499. The molecule has 0 N–H and O–H groups in total. The number of ether oxygens (including phenoxy) is 1. The van der Waals surface area contributed by atoms with Crippen molar-refractivity contribution in [2.75, 3.05) is 12.8 Å². The Hall–Kier alpha value is -1.99. The average molecular weight is 849 g/mol. The maximum atomic E-state index is 14.5. The zero-order valence-electron chi connectivity index (χ0n) is 38.1. The summed E-state index contributed by atoms with van der Waals surface area (Å²) < 4.78 is 53.5. The number of hydrogen-bond acceptors (Lipinski definition) is 8. The van der Waals surface area contributed by atoms with Gasteiger partial charge in [0, 0.05) is 17.9 Å². The molecule has 0 aliphatic carbocycles. The maximum Gasteiger partial charge on any atom is 0.441 e. The zero-order valence-corrected chi connectivity index (χ0v) is 42.0. The van der Waals surface area contributed by atoms with Gasteiger partial charge in [0.25, 0.3) is 0 Å². The van der Waals surface area contributed by atoms with Crippen LogP contribution in [0.3, 0.4) is 0 Å². The number of benzene rings is 2. The van der Waals surface area contributed by atoms with Crippen LogP contribution < -0.4 is 9.05 Å². The van der Waals surface area contributed by atoms with E-state index in [2.05, 4.69) is 128 Å². The van der Waals surface area contributed by atoms with Gasteiger partial charge in [-0.3, -0.25) is 4.79 Å². The number of esters is 1. The predicted molar refractivity (Wildman–Crippen MR) is 242 cm³/mol. The van der Waals surface area contributed by atoms with Crippen LogP contribution >= 0.6 is 7.60 Å². The molecule has 0 aliphatic rings. The molecule has 8 nitrogen and oxygen atoms in total. The monoisotopic (exact) mass is 848 g/mol. The highest BCUT2D eigenvalue weighted by molar-refractivity contribution is 7.55. The molecule has 0 saturated carbocycles. The summed E-state index contributed by atoms with van der Waals surface area (Å²) in [4.78, 5) is 14.2. The number of rotatable bonds is 20. The van der Waals surface area contributed by atoms with Gasteiger partial charge in [-0.05, 0) is 92.0 Å². The molecule has 2 rings (SSSR count). The first-order chi connectivity index (χ1) is 25.4. The second kappa shape index (κ2) is 19.8. The van der Waals surface area contributed by atoms with Crippen molar-refractivity contribution < 1.29 is 36.4 Å². The van der Waals surface area contributed by atoms with Gasteiger partial charge in [-0.15, -0.1) is 0 Å². The molecule has 2 aromatic rings. The van der Waals surface area contributed by atoms with Gasteiger partial charge in [-0.25, -0.2) is 4.57 Å². The molecule has 0 radical (unpaired) electrons. The second-order valence-electron chi connectivity index (χ2n) is 20.1. The van der Waals surface area contributed by atoms with Crippen LogP contribution in [0.4, 0.5) is 0 Å². The third kappa shape index (κ3) is 15.3. The molecule has 5 atom stereocenters. The Balaban J connectivity index is 2.57. The highest BCUT2D eigenvalue weighted by Crippen LogP contribution is 2.49. The normalized spacial score (nSPS) is 16.5. The largest absolute Gasteiger partial charge is 0.461 e. The fourth-order valence-electron chi connectivity index (χ4n) is 5.45. The van der Waals surface area contributed by atoms with Crippen LogP contribution in [0.5, 0.6) is 11.5 Å². The van der Waals surface area contributed by atoms with Crippen LogP contribution in [-0.4, -0.2) is 62.0 Å². The van der Waals surface area contributed by atoms with Crippen LogP contribution in [0.15, 0.2) is 72.8 Å². The lowest BCUT2D eigenvalue weighted by Gasteiger charge is -2.44. The Labute approximate surface area is 344 Å². The summed E-state index contributed by atoms with van der Waals surface area (Å²) in [6.45, 7) is 40.4. The van der Waals surface area contributed by atoms with E-state index >= 15 is 0 Å². The van der Waals surface area contributed by atoms with E-state index in [0.717, 1.165) is 0 Å². The summed E-state index contributed by atoms with van der Waals surface area (Å²) in [5.41, 5.74) is 0. The first-order valence-corrected chi connectivity index (χ1v) is 30.8. The zero-order chi connectivity index (χ0) is 43.0. The molecule has 0 fully saturated rings. The fraction of sp³-hybridized carbons (Fsp3) is 0.659. The van der Waals surface area contributed by atoms with Gasteiger partial charge in [0.2, 0.25) is 0 Å². The van der Waals surface area contributed by atoms with E-state index in [9.17, 15) is 9.36 Å². The van der Waals surface area contributed by atoms with E-state index in [1.807, 2.05) is 18.2 Å². The van der Waals surface area contributed by atoms with Crippen LogP contribution in [0.25, 0.3) is 0 Å². The van der Waals surface area contributed by atoms with Gasteiger partial charge in [0.05, 0.1) is 12.7 Å². The number of carbonyl (C=O) groups excluding carboxylic acids is 1. The summed E-state index contributed by atoms with van der Waals surface area (Å²) in [6, 6.07) is 17.5. The summed E-state index contributed by atoms with van der Waals surface area (Å²) >= 11 is 0. The van der Waals surface area contributed by atoms with Crippen LogP contribution in [0, 0.1) is 11.8 Å². The molecule has 0 bridgehead atoms. The van der Waals surface area contributed by atoms with E-state index in [-0.39, 0.29) is 39.2 Å². The van der Waals surface area contributed by atoms with Crippen molar-refractivity contribution in [1.82, 2.24) is 0 Å². The fourth-order valence-corrected chi connectivity index (χ4v) is 10.7. The quantitative estimate of drug-likeness (QED) is 0.0563. The van der Waals surface area contributed by atoms with E-state index < -0.39 is 50.8 Å². The van der Waals surface area contributed by atoms with E-state index in [4.69, 9.17) is 27.1 Å². The van der Waals surface area contributed by atoms with Crippen molar-refractivity contribution in [1.29, 1.82) is 0 Å². The SMILES string of the molecule is C[C@H]([C@@H](OC(=O)CP(=O)(Oc1ccccc1)Oc1ccccc1)[C@@H](C)/C=C\CO[Si](C)(C)C(C)(C)C)[C@H](C[C@@H](C)O[Si](C)(C)C(C)(C)C)O[Si](C)(C)C(C)(C)C. The number of hydrogen-bond donors (Lipinski definition) is 0. The van der Waals surface area contributed by atoms with Crippen LogP contribution in [0.2, 0.25) is 54.4 Å². The first kappa shape index (κ1) is 50.2. The highest BCUT2D eigenvalue weighted by atomic mass is 31.2. The minimum Gasteiger partial charge on any atom is -0.461 e. The third-order valence-electron chi connectivity index (χ3n) is 12.1. The van der Waals surface area contributed by atoms with Gasteiger partial charge in [-0.1, -0.05) is 125 Å². The topological polar surface area (TPSA) is 89.5 Å². The first-order valence-electron chi connectivity index (χ1n) is 20.3. The predicted octanol–water partition coefficient (Wildman–Crippen LogP) is 13.3. The Morgan fingerprint density at radius 3 is 1.54 bits per heavy atom. The summed E-state index contributed by atoms with van der Waals surface area (Å²) in [6.07, 6.45) is 3.14. The van der Waals surface area contributed by atoms with Gasteiger partial charge in [0.1, 0.15) is 17.6 Å². The molecule has 56 heavy (non-hydrogen) atoms. The van der Waals surface area contributed by atoms with Crippen LogP contribution in [0.1, 0.15) is 89.5 Å². The maximum absolute atomic E-state index is 14.5. The molecule has 0 spiro atoms. The highest BCUT2D eigenvalue weighted by Gasteiger charge is 2.45. The van der Waals surface area contributed by atoms with E-state index in [1.165, 1.54) is 0 Å². The summed E-state index contributed by atoms with van der Waals surface area (Å²) in [7, 11) is -10.5.